The number of halogens is 2. The first-order valence-electron chi connectivity index (χ1n) is 12.0. The summed E-state index contributed by atoms with van der Waals surface area (Å²) < 4.78 is 28.6. The van der Waals surface area contributed by atoms with E-state index in [4.69, 9.17) is 5.73 Å². The Bertz CT molecular complexity index is 1200. The molecule has 0 spiro atoms. The van der Waals surface area contributed by atoms with E-state index in [0.717, 1.165) is 12.8 Å². The van der Waals surface area contributed by atoms with Gasteiger partial charge in [0, 0.05) is 17.8 Å². The number of allylic oxidation sites excluding steroid dienone is 3. The molecular formula is C28H30F2N4O2. The van der Waals surface area contributed by atoms with Crippen LogP contribution in [0.15, 0.2) is 76.9 Å². The Morgan fingerprint density at radius 3 is 2.67 bits per heavy atom. The molecule has 0 radical (unpaired) electrons. The van der Waals surface area contributed by atoms with Crippen molar-refractivity contribution >= 4 is 22.9 Å². The first-order valence-corrected chi connectivity index (χ1v) is 12.0. The first kappa shape index (κ1) is 26.7. The smallest absolute Gasteiger partial charge is 0.252 e. The molecule has 1 aliphatic heterocycles. The summed E-state index contributed by atoms with van der Waals surface area (Å²) in [4.78, 5) is 28.6. The lowest BCUT2D eigenvalue weighted by Crippen LogP contribution is -2.41. The number of dihydropyridines is 1. The van der Waals surface area contributed by atoms with Crippen molar-refractivity contribution in [3.05, 3.63) is 100 Å². The molecule has 1 heterocycles. The van der Waals surface area contributed by atoms with Crippen LogP contribution in [0, 0.1) is 16.5 Å². The number of carbonyl (C=O) groups is 1. The van der Waals surface area contributed by atoms with Crippen LogP contribution in [-0.2, 0) is 0 Å². The quantitative estimate of drug-likeness (QED) is 0.306. The van der Waals surface area contributed by atoms with Crippen LogP contribution < -0.4 is 11.1 Å². The lowest BCUT2D eigenvalue weighted by Gasteiger charge is -2.21. The Morgan fingerprint density at radius 1 is 1.22 bits per heavy atom. The second-order valence-electron chi connectivity index (χ2n) is 8.38. The molecule has 0 saturated carbocycles. The first-order chi connectivity index (χ1) is 17.4. The van der Waals surface area contributed by atoms with E-state index < -0.39 is 23.6 Å². The highest BCUT2D eigenvalue weighted by molar-refractivity contribution is 6.06. The fourth-order valence-electron chi connectivity index (χ4n) is 3.90. The summed E-state index contributed by atoms with van der Waals surface area (Å²) in [5.74, 6) is -1.47. The van der Waals surface area contributed by atoms with Crippen molar-refractivity contribution in [3.8, 4) is 0 Å². The molecule has 1 atom stereocenters. The number of unbranched alkanes of at least 4 members (excludes halogenated alkanes) is 1. The Labute approximate surface area is 209 Å². The molecule has 6 nitrogen and oxygen atoms in total. The van der Waals surface area contributed by atoms with Gasteiger partial charge in [-0.25, -0.2) is 8.78 Å². The lowest BCUT2D eigenvalue weighted by atomic mass is 9.94. The number of amides is 1. The van der Waals surface area contributed by atoms with Gasteiger partial charge in [-0.3, -0.25) is 9.79 Å². The molecule has 0 fully saturated rings. The number of hydrogen-bond acceptors (Lipinski definition) is 5. The maximum atomic E-state index is 15.3. The lowest BCUT2D eigenvalue weighted by molar-refractivity contribution is 0.0945. The van der Waals surface area contributed by atoms with Crippen LogP contribution in [0.25, 0.3) is 11.3 Å². The minimum absolute atomic E-state index is 0.00636. The highest BCUT2D eigenvalue weighted by atomic mass is 19.1. The van der Waals surface area contributed by atoms with Gasteiger partial charge in [-0.05, 0) is 66.8 Å². The molecule has 3 rings (SSSR count). The molecule has 1 aliphatic rings. The molecule has 2 aromatic rings. The van der Waals surface area contributed by atoms with Gasteiger partial charge in [-0.2, -0.15) is 4.91 Å². The zero-order chi connectivity index (χ0) is 25.9. The van der Waals surface area contributed by atoms with Gasteiger partial charge in [0.2, 0.25) is 0 Å². The largest absolute Gasteiger partial charge is 0.398 e. The summed E-state index contributed by atoms with van der Waals surface area (Å²) in [5.41, 5.74) is 8.50. The van der Waals surface area contributed by atoms with Gasteiger partial charge in [-0.1, -0.05) is 48.9 Å². The number of hydrogen-bond donors (Lipinski definition) is 2. The molecular weight excluding hydrogens is 462 g/mol. The van der Waals surface area contributed by atoms with E-state index in [1.54, 1.807) is 12.1 Å². The van der Waals surface area contributed by atoms with E-state index in [9.17, 15) is 14.1 Å². The molecule has 36 heavy (non-hydrogen) atoms. The number of nitrogens with one attached hydrogen (secondary N) is 1. The monoisotopic (exact) mass is 492 g/mol. The van der Waals surface area contributed by atoms with Crippen molar-refractivity contribution in [1.82, 2.24) is 5.32 Å². The van der Waals surface area contributed by atoms with Crippen LogP contribution in [0.4, 0.5) is 8.78 Å². The third-order valence-corrected chi connectivity index (χ3v) is 5.74. The molecule has 0 bridgehead atoms. The average Bonchev–Trinajstić information content (AvgIpc) is 2.89. The zero-order valence-electron chi connectivity index (χ0n) is 20.2. The molecule has 0 aliphatic carbocycles. The van der Waals surface area contributed by atoms with Crippen molar-refractivity contribution < 1.29 is 13.6 Å². The highest BCUT2D eigenvalue weighted by Gasteiger charge is 2.23. The number of nitroso groups, excluding NO2 is 1. The van der Waals surface area contributed by atoms with E-state index in [-0.39, 0.29) is 24.1 Å². The average molecular weight is 493 g/mol. The third-order valence-electron chi connectivity index (χ3n) is 5.74. The van der Waals surface area contributed by atoms with Crippen molar-refractivity contribution in [2.24, 2.45) is 15.9 Å². The van der Waals surface area contributed by atoms with Crippen LogP contribution >= 0.6 is 0 Å². The van der Waals surface area contributed by atoms with Crippen LogP contribution in [0.2, 0.25) is 0 Å². The predicted molar refractivity (Wildman–Crippen MR) is 140 cm³/mol. The van der Waals surface area contributed by atoms with Crippen LogP contribution in [-0.4, -0.2) is 30.8 Å². The predicted octanol–water partition coefficient (Wildman–Crippen LogP) is 5.80. The maximum Gasteiger partial charge on any atom is 0.252 e. The van der Waals surface area contributed by atoms with E-state index in [0.29, 0.717) is 35.5 Å². The van der Waals surface area contributed by atoms with E-state index in [2.05, 4.69) is 15.5 Å². The van der Waals surface area contributed by atoms with Crippen LogP contribution in [0.3, 0.4) is 0 Å². The van der Waals surface area contributed by atoms with Gasteiger partial charge < -0.3 is 11.1 Å². The highest BCUT2D eigenvalue weighted by Crippen LogP contribution is 2.27. The van der Waals surface area contributed by atoms with Gasteiger partial charge in [0.1, 0.15) is 11.6 Å². The van der Waals surface area contributed by atoms with Gasteiger partial charge in [-0.15, -0.1) is 0 Å². The summed E-state index contributed by atoms with van der Waals surface area (Å²) in [6.07, 6.45) is 9.72. The molecule has 0 aromatic heterocycles. The summed E-state index contributed by atoms with van der Waals surface area (Å²) >= 11 is 0. The number of nitrogens with two attached hydrogens (primary N) is 1. The minimum atomic E-state index is -0.575. The number of rotatable bonds is 11. The third kappa shape index (κ3) is 7.04. The maximum absolute atomic E-state index is 15.3. The summed E-state index contributed by atoms with van der Waals surface area (Å²) in [6, 6.07) is 9.44. The fraction of sp³-hybridized carbons (Fsp3) is 0.286. The molecule has 188 valence electrons. The molecule has 1 amide bonds. The number of nitrogens with zero attached hydrogens (tertiary/aromatic N) is 2. The second kappa shape index (κ2) is 13.2. The number of benzene rings is 2. The second-order valence-corrected chi connectivity index (χ2v) is 8.38. The summed E-state index contributed by atoms with van der Waals surface area (Å²) in [5, 5.41) is 5.82. The Morgan fingerprint density at radius 2 is 2.00 bits per heavy atom. The number of carbonyl (C=O) groups excluding carboxylic acids is 1. The molecule has 2 aromatic carbocycles. The van der Waals surface area contributed by atoms with Crippen LogP contribution in [0.1, 0.15) is 54.1 Å². The van der Waals surface area contributed by atoms with Crippen molar-refractivity contribution in [1.29, 1.82) is 0 Å². The molecule has 1 unspecified atom stereocenters. The molecule has 0 saturated heterocycles. The van der Waals surface area contributed by atoms with Crippen molar-refractivity contribution in [3.63, 3.8) is 0 Å². The Hall–Kier alpha value is -3.94. The van der Waals surface area contributed by atoms with E-state index in [1.807, 2.05) is 25.2 Å². The topological polar surface area (TPSA) is 96.9 Å². The number of aliphatic imine (C=N–C) groups is 1. The standard InChI is InChI=1S/C28H30F2N4O2/c1-2-3-7-20(18-24(31)19-11-13-21(29)14-12-19)27-22(8-6-9-23(27)30)28(35)34-26(15-17-33-36)25-10-4-5-16-32-25/h4,6-14,18,26H,2-3,5,15-17,31H2,1H3,(H,34,35)/b20-7+,24-18-. The van der Waals surface area contributed by atoms with Crippen LogP contribution in [0.5, 0.6) is 0 Å². The Kier molecular flexibility index (Phi) is 9.80. The van der Waals surface area contributed by atoms with Gasteiger partial charge in [0.05, 0.1) is 23.9 Å². The van der Waals surface area contributed by atoms with Gasteiger partial charge >= 0.3 is 0 Å². The van der Waals surface area contributed by atoms with E-state index in [1.165, 1.54) is 36.4 Å². The normalized spacial score (nSPS) is 14.8. The fourth-order valence-corrected chi connectivity index (χ4v) is 3.90. The zero-order valence-corrected chi connectivity index (χ0v) is 20.2. The molecule has 3 N–H and O–H groups in total. The Balaban J connectivity index is 2.00. The van der Waals surface area contributed by atoms with E-state index >= 15 is 4.39 Å². The summed E-state index contributed by atoms with van der Waals surface area (Å²) in [6.45, 7) is 2.59. The minimum Gasteiger partial charge on any atom is -0.398 e. The van der Waals surface area contributed by atoms with Gasteiger partial charge in [0.25, 0.3) is 5.91 Å². The summed E-state index contributed by atoms with van der Waals surface area (Å²) in [7, 11) is 0. The SMILES string of the molecule is CCC/C=C(\C=C(/N)c1ccc(F)cc1)c1c(F)cccc1C(=O)NC(CCN=O)C1=NCCC=C1. The molecule has 8 heteroatoms. The van der Waals surface area contributed by atoms with Crippen molar-refractivity contribution in [2.75, 3.05) is 13.1 Å². The van der Waals surface area contributed by atoms with Gasteiger partial charge in [0.15, 0.2) is 0 Å². The van der Waals surface area contributed by atoms with Crippen molar-refractivity contribution in [2.45, 2.75) is 38.6 Å².